The quantitative estimate of drug-likeness (QED) is 0.803. The predicted octanol–water partition coefficient (Wildman–Crippen LogP) is 2.96. The van der Waals surface area contributed by atoms with Gasteiger partial charge in [0.1, 0.15) is 18.1 Å². The van der Waals surface area contributed by atoms with Gasteiger partial charge in [-0.3, -0.25) is 14.5 Å². The Hall–Kier alpha value is -2.80. The van der Waals surface area contributed by atoms with Crippen LogP contribution in [0.25, 0.3) is 0 Å². The Balaban J connectivity index is 1.74. The summed E-state index contributed by atoms with van der Waals surface area (Å²) in [5, 5.41) is 5.57. The van der Waals surface area contributed by atoms with Gasteiger partial charge in [0, 0.05) is 0 Å². The largest absolute Gasteiger partial charge is 0.463 e. The number of hydrogen-bond donors (Lipinski definition) is 2. The van der Waals surface area contributed by atoms with E-state index in [1.807, 2.05) is 6.92 Å². The normalized spacial score (nSPS) is 19.6. The standard InChI is InChI=1S/C18H18ClN3O4/c1-10-4-6-13(12(19)8-10)20-15(23)9-22-16(24)18(3,21-17(22)25)14-7-5-11(2)26-14/h4-8H,9H2,1-3H3,(H,20,23)(H,21,25). The summed E-state index contributed by atoms with van der Waals surface area (Å²) in [6.07, 6.45) is 0. The van der Waals surface area contributed by atoms with Crippen molar-refractivity contribution in [2.75, 3.05) is 11.9 Å². The Kier molecular flexibility index (Phi) is 4.50. The highest BCUT2D eigenvalue weighted by Crippen LogP contribution is 2.30. The van der Waals surface area contributed by atoms with Crippen molar-refractivity contribution in [1.82, 2.24) is 10.2 Å². The van der Waals surface area contributed by atoms with Crippen molar-refractivity contribution in [2.45, 2.75) is 26.3 Å². The lowest BCUT2D eigenvalue weighted by Gasteiger charge is -2.19. The molecule has 3 rings (SSSR count). The maximum atomic E-state index is 12.7. The van der Waals surface area contributed by atoms with E-state index >= 15 is 0 Å². The maximum Gasteiger partial charge on any atom is 0.325 e. The molecule has 1 unspecified atom stereocenters. The van der Waals surface area contributed by atoms with E-state index in [2.05, 4.69) is 10.6 Å². The number of imide groups is 1. The smallest absolute Gasteiger partial charge is 0.325 e. The first kappa shape index (κ1) is 18.0. The van der Waals surface area contributed by atoms with Gasteiger partial charge in [-0.2, -0.15) is 0 Å². The topological polar surface area (TPSA) is 91.7 Å². The molecule has 2 N–H and O–H groups in total. The molecule has 0 spiro atoms. The molecule has 1 aromatic heterocycles. The van der Waals surface area contributed by atoms with Crippen LogP contribution in [-0.2, 0) is 15.1 Å². The van der Waals surface area contributed by atoms with Crippen molar-refractivity contribution >= 4 is 35.1 Å². The summed E-state index contributed by atoms with van der Waals surface area (Å²) < 4.78 is 5.48. The zero-order chi connectivity index (χ0) is 19.1. The number of carbonyl (C=O) groups is 3. The third-order valence-electron chi connectivity index (χ3n) is 4.21. The maximum absolute atomic E-state index is 12.7. The molecule has 7 nitrogen and oxygen atoms in total. The van der Waals surface area contributed by atoms with E-state index in [4.69, 9.17) is 16.0 Å². The Morgan fingerprint density at radius 1 is 1.27 bits per heavy atom. The monoisotopic (exact) mass is 375 g/mol. The molecule has 0 radical (unpaired) electrons. The number of aryl methyl sites for hydroxylation is 2. The van der Waals surface area contributed by atoms with Gasteiger partial charge in [0.05, 0.1) is 10.7 Å². The number of urea groups is 1. The lowest BCUT2D eigenvalue weighted by Crippen LogP contribution is -2.41. The number of hydrogen-bond acceptors (Lipinski definition) is 4. The molecule has 1 fully saturated rings. The number of anilines is 1. The molecule has 0 saturated carbocycles. The molecular formula is C18H18ClN3O4. The summed E-state index contributed by atoms with van der Waals surface area (Å²) in [7, 11) is 0. The van der Waals surface area contributed by atoms with Gasteiger partial charge < -0.3 is 15.1 Å². The number of halogens is 1. The molecule has 4 amide bonds. The summed E-state index contributed by atoms with van der Waals surface area (Å²) >= 11 is 6.09. The minimum atomic E-state index is -1.34. The Morgan fingerprint density at radius 3 is 2.62 bits per heavy atom. The van der Waals surface area contributed by atoms with Gasteiger partial charge in [-0.25, -0.2) is 4.79 Å². The van der Waals surface area contributed by atoms with Crippen molar-refractivity contribution in [1.29, 1.82) is 0 Å². The molecule has 0 bridgehead atoms. The van der Waals surface area contributed by atoms with E-state index in [0.717, 1.165) is 10.5 Å². The number of nitrogens with one attached hydrogen (secondary N) is 2. The first-order valence-corrected chi connectivity index (χ1v) is 8.35. The zero-order valence-electron chi connectivity index (χ0n) is 14.6. The zero-order valence-corrected chi connectivity index (χ0v) is 15.3. The van der Waals surface area contributed by atoms with Gasteiger partial charge in [0.25, 0.3) is 5.91 Å². The second-order valence-corrected chi connectivity index (χ2v) is 6.80. The summed E-state index contributed by atoms with van der Waals surface area (Å²) in [5.74, 6) is -0.146. The molecule has 1 aromatic carbocycles. The van der Waals surface area contributed by atoms with Crippen LogP contribution in [0.1, 0.15) is 24.0 Å². The third kappa shape index (κ3) is 3.17. The van der Waals surface area contributed by atoms with Gasteiger partial charge in [-0.1, -0.05) is 17.7 Å². The second kappa shape index (κ2) is 6.49. The molecule has 1 saturated heterocycles. The first-order chi connectivity index (χ1) is 12.2. The van der Waals surface area contributed by atoms with E-state index in [1.165, 1.54) is 0 Å². The molecule has 136 valence electrons. The van der Waals surface area contributed by atoms with Crippen molar-refractivity contribution < 1.29 is 18.8 Å². The molecule has 2 heterocycles. The molecule has 2 aromatic rings. The highest BCUT2D eigenvalue weighted by molar-refractivity contribution is 6.33. The fourth-order valence-electron chi connectivity index (χ4n) is 2.77. The second-order valence-electron chi connectivity index (χ2n) is 6.39. The van der Waals surface area contributed by atoms with Crippen LogP contribution in [0.3, 0.4) is 0 Å². The lowest BCUT2D eigenvalue weighted by atomic mass is 9.99. The molecular weight excluding hydrogens is 358 g/mol. The van der Waals surface area contributed by atoms with Gasteiger partial charge in [-0.15, -0.1) is 0 Å². The molecule has 1 aliphatic rings. The van der Waals surface area contributed by atoms with E-state index in [-0.39, 0.29) is 0 Å². The summed E-state index contributed by atoms with van der Waals surface area (Å²) in [5.41, 5.74) is 0.0259. The number of benzene rings is 1. The summed E-state index contributed by atoms with van der Waals surface area (Å²) in [4.78, 5) is 38.1. The molecule has 26 heavy (non-hydrogen) atoms. The fraction of sp³-hybridized carbons (Fsp3) is 0.278. The van der Waals surface area contributed by atoms with Crippen LogP contribution in [0.15, 0.2) is 34.7 Å². The van der Waals surface area contributed by atoms with Gasteiger partial charge in [0.2, 0.25) is 5.91 Å². The van der Waals surface area contributed by atoms with Gasteiger partial charge in [0.15, 0.2) is 5.54 Å². The Labute approximate surface area is 155 Å². The van der Waals surface area contributed by atoms with Gasteiger partial charge in [-0.05, 0) is 50.6 Å². The average Bonchev–Trinajstić information content (AvgIpc) is 3.09. The number of nitrogens with zero attached hydrogens (tertiary/aromatic N) is 1. The predicted molar refractivity (Wildman–Crippen MR) is 95.9 cm³/mol. The molecule has 1 aliphatic heterocycles. The highest BCUT2D eigenvalue weighted by atomic mass is 35.5. The minimum absolute atomic E-state index is 0.317. The number of rotatable bonds is 4. The van der Waals surface area contributed by atoms with Crippen molar-refractivity contribution in [3.05, 3.63) is 52.4 Å². The van der Waals surface area contributed by atoms with Crippen molar-refractivity contribution in [3.63, 3.8) is 0 Å². The number of furan rings is 1. The molecule has 1 atom stereocenters. The average molecular weight is 376 g/mol. The van der Waals surface area contributed by atoms with Crippen LogP contribution in [0.5, 0.6) is 0 Å². The van der Waals surface area contributed by atoms with E-state index in [9.17, 15) is 14.4 Å². The summed E-state index contributed by atoms with van der Waals surface area (Å²) in [6, 6.07) is 7.85. The van der Waals surface area contributed by atoms with E-state index in [1.54, 1.807) is 44.2 Å². The van der Waals surface area contributed by atoms with Crippen molar-refractivity contribution in [2.24, 2.45) is 0 Å². The highest BCUT2D eigenvalue weighted by Gasteiger charge is 2.51. The molecule has 8 heteroatoms. The van der Waals surface area contributed by atoms with E-state index < -0.39 is 29.9 Å². The number of amides is 4. The van der Waals surface area contributed by atoms with Crippen LogP contribution >= 0.6 is 11.6 Å². The first-order valence-electron chi connectivity index (χ1n) is 7.98. The van der Waals surface area contributed by atoms with Crippen LogP contribution in [-0.4, -0.2) is 29.3 Å². The molecule has 0 aliphatic carbocycles. The SMILES string of the molecule is Cc1ccc(NC(=O)CN2C(=O)NC(C)(c3ccc(C)o3)C2=O)c(Cl)c1. The number of carbonyl (C=O) groups excluding carboxylic acids is 3. The minimum Gasteiger partial charge on any atom is -0.463 e. The fourth-order valence-corrected chi connectivity index (χ4v) is 3.05. The Morgan fingerprint density at radius 2 is 2.00 bits per heavy atom. The van der Waals surface area contributed by atoms with E-state index in [0.29, 0.717) is 22.2 Å². The van der Waals surface area contributed by atoms with Crippen molar-refractivity contribution in [3.8, 4) is 0 Å². The van der Waals surface area contributed by atoms with Crippen LogP contribution < -0.4 is 10.6 Å². The Bertz CT molecular complexity index is 908. The van der Waals surface area contributed by atoms with Crippen LogP contribution in [0.2, 0.25) is 5.02 Å². The summed E-state index contributed by atoms with van der Waals surface area (Å²) in [6.45, 7) is 4.73. The van der Waals surface area contributed by atoms with Crippen LogP contribution in [0, 0.1) is 13.8 Å². The van der Waals surface area contributed by atoms with Gasteiger partial charge >= 0.3 is 6.03 Å². The third-order valence-corrected chi connectivity index (χ3v) is 4.52. The van der Waals surface area contributed by atoms with Crippen LogP contribution in [0.4, 0.5) is 10.5 Å². The lowest BCUT2D eigenvalue weighted by molar-refractivity contribution is -0.134.